The summed E-state index contributed by atoms with van der Waals surface area (Å²) in [6.07, 6.45) is -7.68. The highest BCUT2D eigenvalue weighted by Crippen LogP contribution is 2.46. The molecule has 0 amide bonds. The third kappa shape index (κ3) is 3.56. The van der Waals surface area contributed by atoms with Gasteiger partial charge in [0.05, 0.1) is 11.1 Å². The van der Waals surface area contributed by atoms with Crippen molar-refractivity contribution in [3.05, 3.63) is 78.1 Å². The molecular formula is C19H10F6N. The second-order valence-corrected chi connectivity index (χ2v) is 5.47. The van der Waals surface area contributed by atoms with E-state index in [0.717, 1.165) is 18.3 Å². The summed E-state index contributed by atoms with van der Waals surface area (Å²) in [5.74, 6) is 0. The van der Waals surface area contributed by atoms with Gasteiger partial charge in [0.25, 0.3) is 0 Å². The topological polar surface area (TPSA) is 12.9 Å². The first-order chi connectivity index (χ1) is 12.2. The molecule has 0 spiro atoms. The first-order valence-corrected chi connectivity index (χ1v) is 7.37. The quantitative estimate of drug-likeness (QED) is 0.488. The predicted octanol–water partition coefficient (Wildman–Crippen LogP) is 6.25. The lowest BCUT2D eigenvalue weighted by molar-refractivity contribution is -0.142. The summed E-state index contributed by atoms with van der Waals surface area (Å²) in [5.41, 5.74) is -3.83. The summed E-state index contributed by atoms with van der Waals surface area (Å²) in [4.78, 5) is 3.65. The van der Waals surface area contributed by atoms with Crippen LogP contribution in [0.3, 0.4) is 0 Å². The Hall–Kier alpha value is -2.83. The van der Waals surface area contributed by atoms with Crippen LogP contribution in [0.15, 0.2) is 60.9 Å². The van der Waals surface area contributed by atoms with E-state index in [0.29, 0.717) is 0 Å². The third-order valence-electron chi connectivity index (χ3n) is 3.75. The number of pyridine rings is 1. The summed E-state index contributed by atoms with van der Waals surface area (Å²) in [6.45, 7) is 0. The van der Waals surface area contributed by atoms with Crippen LogP contribution >= 0.6 is 0 Å². The van der Waals surface area contributed by atoms with Crippen LogP contribution in [-0.4, -0.2) is 4.98 Å². The molecule has 0 saturated heterocycles. The summed E-state index contributed by atoms with van der Waals surface area (Å²) in [5, 5.41) is 0. The van der Waals surface area contributed by atoms with Crippen molar-refractivity contribution in [2.75, 3.05) is 0 Å². The van der Waals surface area contributed by atoms with Gasteiger partial charge in [-0.05, 0) is 35.4 Å². The highest BCUT2D eigenvalue weighted by molar-refractivity contribution is 5.78. The van der Waals surface area contributed by atoms with E-state index in [1.54, 1.807) is 0 Å². The number of hydrogen-bond acceptors (Lipinski definition) is 1. The molecule has 133 valence electrons. The normalized spacial score (nSPS) is 12.2. The molecule has 0 fully saturated rings. The molecule has 0 bridgehead atoms. The zero-order valence-corrected chi connectivity index (χ0v) is 13.0. The van der Waals surface area contributed by atoms with Gasteiger partial charge in [0.1, 0.15) is 0 Å². The van der Waals surface area contributed by atoms with Gasteiger partial charge in [-0.3, -0.25) is 4.98 Å². The van der Waals surface area contributed by atoms with Crippen molar-refractivity contribution < 1.29 is 26.3 Å². The molecule has 0 N–H and O–H groups in total. The molecular weight excluding hydrogens is 356 g/mol. The van der Waals surface area contributed by atoms with Gasteiger partial charge in [-0.25, -0.2) is 0 Å². The van der Waals surface area contributed by atoms with Gasteiger partial charge in [0.15, 0.2) is 0 Å². The van der Waals surface area contributed by atoms with Crippen molar-refractivity contribution in [3.63, 3.8) is 0 Å². The molecule has 7 heteroatoms. The van der Waals surface area contributed by atoms with Crippen molar-refractivity contribution in [1.82, 2.24) is 4.98 Å². The standard InChI is InChI=1S/C19H10F6N/c20-18(21,22)15-9-14(12-5-2-1-3-6-12)10-16(19(23,24)25)17(15)13-7-4-8-26-11-13/h2-11H. The van der Waals surface area contributed by atoms with Crippen molar-refractivity contribution in [3.8, 4) is 22.3 Å². The van der Waals surface area contributed by atoms with Gasteiger partial charge in [-0.15, -0.1) is 0 Å². The van der Waals surface area contributed by atoms with Crippen LogP contribution in [0.2, 0.25) is 0 Å². The minimum absolute atomic E-state index is 0.175. The third-order valence-corrected chi connectivity index (χ3v) is 3.75. The molecule has 0 aliphatic carbocycles. The molecule has 1 nitrogen and oxygen atoms in total. The predicted molar refractivity (Wildman–Crippen MR) is 83.9 cm³/mol. The highest BCUT2D eigenvalue weighted by Gasteiger charge is 2.41. The molecule has 0 saturated carbocycles. The van der Waals surface area contributed by atoms with E-state index >= 15 is 0 Å². The summed E-state index contributed by atoms with van der Waals surface area (Å²) < 4.78 is 81.6. The molecule has 3 aromatic rings. The van der Waals surface area contributed by atoms with E-state index in [1.807, 2.05) is 0 Å². The summed E-state index contributed by atoms with van der Waals surface area (Å²) in [6, 6.07) is 12.2. The fraction of sp³-hybridized carbons (Fsp3) is 0.105. The molecule has 1 radical (unpaired) electrons. The Morgan fingerprint density at radius 2 is 1.31 bits per heavy atom. The van der Waals surface area contributed by atoms with Crippen LogP contribution in [0.4, 0.5) is 26.3 Å². The average molecular weight is 366 g/mol. The Morgan fingerprint density at radius 3 is 1.77 bits per heavy atom. The highest BCUT2D eigenvalue weighted by atomic mass is 19.4. The minimum atomic E-state index is -4.97. The molecule has 0 aliphatic heterocycles. The Bertz CT molecular complexity index is 864. The molecule has 1 aromatic heterocycles. The molecule has 3 rings (SSSR count). The zero-order chi connectivity index (χ0) is 18.9. The van der Waals surface area contributed by atoms with Gasteiger partial charge in [-0.1, -0.05) is 30.3 Å². The maximum atomic E-state index is 13.6. The lowest BCUT2D eigenvalue weighted by Crippen LogP contribution is -2.15. The fourth-order valence-electron chi connectivity index (χ4n) is 2.66. The largest absolute Gasteiger partial charge is 0.417 e. The second kappa shape index (κ2) is 6.48. The first kappa shape index (κ1) is 18.0. The molecule has 2 aromatic carbocycles. The number of alkyl halides is 6. The first-order valence-electron chi connectivity index (χ1n) is 7.37. The summed E-state index contributed by atoms with van der Waals surface area (Å²) >= 11 is 0. The number of benzene rings is 2. The van der Waals surface area contributed by atoms with Crippen LogP contribution in [0.1, 0.15) is 11.1 Å². The van der Waals surface area contributed by atoms with Crippen molar-refractivity contribution in [2.24, 2.45) is 0 Å². The zero-order valence-electron chi connectivity index (χ0n) is 13.0. The minimum Gasteiger partial charge on any atom is -0.264 e. The number of halogens is 6. The summed E-state index contributed by atoms with van der Waals surface area (Å²) in [7, 11) is 0. The van der Waals surface area contributed by atoms with Gasteiger partial charge in [0.2, 0.25) is 0 Å². The molecule has 0 atom stereocenters. The van der Waals surface area contributed by atoms with Crippen molar-refractivity contribution in [1.29, 1.82) is 0 Å². The lowest BCUT2D eigenvalue weighted by Gasteiger charge is -2.20. The Morgan fingerprint density at radius 1 is 0.731 bits per heavy atom. The van der Waals surface area contributed by atoms with Crippen LogP contribution in [-0.2, 0) is 12.4 Å². The van der Waals surface area contributed by atoms with E-state index in [9.17, 15) is 26.3 Å². The molecule has 1 heterocycles. The molecule has 0 unspecified atom stereocenters. The van der Waals surface area contributed by atoms with E-state index < -0.39 is 29.0 Å². The van der Waals surface area contributed by atoms with Gasteiger partial charge >= 0.3 is 12.4 Å². The fourth-order valence-corrected chi connectivity index (χ4v) is 2.66. The van der Waals surface area contributed by atoms with Crippen LogP contribution in [0.5, 0.6) is 0 Å². The van der Waals surface area contributed by atoms with Crippen molar-refractivity contribution >= 4 is 0 Å². The van der Waals surface area contributed by atoms with Crippen LogP contribution in [0.25, 0.3) is 22.3 Å². The van der Waals surface area contributed by atoms with E-state index in [2.05, 4.69) is 11.1 Å². The maximum Gasteiger partial charge on any atom is 0.417 e. The Labute approximate surface area is 144 Å². The monoisotopic (exact) mass is 366 g/mol. The smallest absolute Gasteiger partial charge is 0.264 e. The maximum absolute atomic E-state index is 13.6. The van der Waals surface area contributed by atoms with E-state index in [-0.39, 0.29) is 16.7 Å². The van der Waals surface area contributed by atoms with Crippen LogP contribution in [0, 0.1) is 6.07 Å². The Kier molecular flexibility index (Phi) is 4.48. The van der Waals surface area contributed by atoms with Crippen molar-refractivity contribution in [2.45, 2.75) is 12.4 Å². The van der Waals surface area contributed by atoms with Gasteiger partial charge < -0.3 is 0 Å². The van der Waals surface area contributed by atoms with E-state index in [1.165, 1.54) is 42.6 Å². The van der Waals surface area contributed by atoms with Gasteiger partial charge in [0, 0.05) is 23.5 Å². The number of hydrogen-bond donors (Lipinski definition) is 0. The van der Waals surface area contributed by atoms with Crippen LogP contribution < -0.4 is 0 Å². The second-order valence-electron chi connectivity index (χ2n) is 5.47. The lowest BCUT2D eigenvalue weighted by atomic mass is 9.90. The average Bonchev–Trinajstić information content (AvgIpc) is 2.60. The number of nitrogens with zero attached hydrogens (tertiary/aromatic N) is 1. The molecule has 26 heavy (non-hydrogen) atoms. The molecule has 0 aliphatic rings. The Balaban J connectivity index is 2.39. The number of rotatable bonds is 2. The number of aromatic nitrogens is 1. The SMILES string of the molecule is FC(F)(F)c1cc(-c2cc[c]cc2)cc(C(F)(F)F)c1-c1cccnc1. The van der Waals surface area contributed by atoms with E-state index in [4.69, 9.17) is 0 Å². The van der Waals surface area contributed by atoms with Gasteiger partial charge in [-0.2, -0.15) is 26.3 Å².